The summed E-state index contributed by atoms with van der Waals surface area (Å²) in [5.41, 5.74) is 8.05. The van der Waals surface area contributed by atoms with Gasteiger partial charge in [-0.25, -0.2) is 10.4 Å². The fraction of sp³-hybridized carbons (Fsp3) is 0.158. The number of hydrogen-bond acceptors (Lipinski definition) is 3. The molecule has 1 N–H and O–H groups in total. The Morgan fingerprint density at radius 1 is 1.24 bits per heavy atom. The highest BCUT2D eigenvalue weighted by Crippen LogP contribution is 2.28. The SMILES string of the molecule is Cc1ccccc1CNN(C=O)c1cccc(-c2nn(C)cc2Br)c1. The van der Waals surface area contributed by atoms with Crippen molar-refractivity contribution in [2.24, 2.45) is 7.05 Å². The lowest BCUT2D eigenvalue weighted by atomic mass is 10.1. The van der Waals surface area contributed by atoms with E-state index in [4.69, 9.17) is 0 Å². The Balaban J connectivity index is 1.82. The number of benzene rings is 2. The van der Waals surface area contributed by atoms with Crippen LogP contribution in [-0.2, 0) is 18.4 Å². The van der Waals surface area contributed by atoms with Gasteiger partial charge in [0.05, 0.1) is 10.2 Å². The van der Waals surface area contributed by atoms with Crippen LogP contribution < -0.4 is 10.4 Å². The van der Waals surface area contributed by atoms with Gasteiger partial charge in [-0.3, -0.25) is 9.48 Å². The van der Waals surface area contributed by atoms with E-state index in [1.807, 2.05) is 55.7 Å². The molecule has 0 saturated heterocycles. The lowest BCUT2D eigenvalue weighted by Gasteiger charge is -2.20. The zero-order chi connectivity index (χ0) is 17.8. The van der Waals surface area contributed by atoms with Crippen molar-refractivity contribution in [2.75, 3.05) is 5.01 Å². The standard InChI is InChI=1S/C19H19BrN4O/c1-14-6-3-4-7-16(14)11-21-24(13-25)17-9-5-8-15(10-17)19-18(20)12-23(2)22-19/h3-10,12-13,21H,11H2,1-2H3. The van der Waals surface area contributed by atoms with Crippen LogP contribution in [0.15, 0.2) is 59.2 Å². The van der Waals surface area contributed by atoms with Gasteiger partial charge in [0.2, 0.25) is 6.41 Å². The molecule has 128 valence electrons. The third-order valence-corrected chi connectivity index (χ3v) is 4.57. The van der Waals surface area contributed by atoms with Gasteiger partial charge in [0.25, 0.3) is 0 Å². The molecular weight excluding hydrogens is 380 g/mol. The fourth-order valence-corrected chi connectivity index (χ4v) is 3.23. The highest BCUT2D eigenvalue weighted by molar-refractivity contribution is 9.10. The quantitative estimate of drug-likeness (QED) is 0.507. The highest BCUT2D eigenvalue weighted by Gasteiger charge is 2.11. The van der Waals surface area contributed by atoms with E-state index in [9.17, 15) is 4.79 Å². The van der Waals surface area contributed by atoms with Crippen molar-refractivity contribution in [3.8, 4) is 11.3 Å². The van der Waals surface area contributed by atoms with Gasteiger partial charge >= 0.3 is 0 Å². The molecule has 2 aromatic carbocycles. The number of hydrazine groups is 1. The van der Waals surface area contributed by atoms with Gasteiger partial charge in [0.15, 0.2) is 0 Å². The number of anilines is 1. The van der Waals surface area contributed by atoms with Crippen molar-refractivity contribution < 1.29 is 4.79 Å². The molecule has 3 rings (SSSR count). The topological polar surface area (TPSA) is 50.2 Å². The van der Waals surface area contributed by atoms with Gasteiger partial charge in [-0.1, -0.05) is 36.4 Å². The van der Waals surface area contributed by atoms with E-state index in [2.05, 4.69) is 39.4 Å². The second-order valence-electron chi connectivity index (χ2n) is 5.79. The van der Waals surface area contributed by atoms with Crippen molar-refractivity contribution in [3.63, 3.8) is 0 Å². The number of aromatic nitrogens is 2. The molecule has 5 nitrogen and oxygen atoms in total. The molecular formula is C19H19BrN4O. The first-order valence-electron chi connectivity index (χ1n) is 7.90. The monoisotopic (exact) mass is 398 g/mol. The average molecular weight is 399 g/mol. The molecule has 0 aliphatic carbocycles. The van der Waals surface area contributed by atoms with E-state index >= 15 is 0 Å². The zero-order valence-electron chi connectivity index (χ0n) is 14.1. The number of amides is 1. The van der Waals surface area contributed by atoms with Crippen molar-refractivity contribution >= 4 is 28.0 Å². The molecule has 0 saturated carbocycles. The van der Waals surface area contributed by atoms with E-state index in [0.717, 1.165) is 33.4 Å². The molecule has 6 heteroatoms. The van der Waals surface area contributed by atoms with Gasteiger partial charge in [-0.2, -0.15) is 5.10 Å². The van der Waals surface area contributed by atoms with Gasteiger partial charge in [0.1, 0.15) is 5.69 Å². The molecule has 25 heavy (non-hydrogen) atoms. The fourth-order valence-electron chi connectivity index (χ4n) is 2.63. The Bertz CT molecular complexity index is 891. The molecule has 1 amide bonds. The lowest BCUT2D eigenvalue weighted by molar-refractivity contribution is -0.108. The van der Waals surface area contributed by atoms with Crippen molar-refractivity contribution in [2.45, 2.75) is 13.5 Å². The van der Waals surface area contributed by atoms with Gasteiger partial charge in [-0.05, 0) is 46.1 Å². The van der Waals surface area contributed by atoms with Crippen LogP contribution in [-0.4, -0.2) is 16.2 Å². The molecule has 3 aromatic rings. The Hall–Kier alpha value is -2.44. The minimum Gasteiger partial charge on any atom is -0.277 e. The van der Waals surface area contributed by atoms with Crippen molar-refractivity contribution in [1.29, 1.82) is 0 Å². The summed E-state index contributed by atoms with van der Waals surface area (Å²) in [5, 5.41) is 5.95. The van der Waals surface area contributed by atoms with Crippen molar-refractivity contribution in [3.05, 3.63) is 70.3 Å². The van der Waals surface area contributed by atoms with Crippen LogP contribution in [0.3, 0.4) is 0 Å². The number of rotatable bonds is 6. The molecule has 0 aliphatic heterocycles. The zero-order valence-corrected chi connectivity index (χ0v) is 15.7. The van der Waals surface area contributed by atoms with E-state index < -0.39 is 0 Å². The third kappa shape index (κ3) is 3.97. The largest absolute Gasteiger partial charge is 0.277 e. The van der Waals surface area contributed by atoms with Crippen LogP contribution in [0.2, 0.25) is 0 Å². The number of halogens is 1. The second-order valence-corrected chi connectivity index (χ2v) is 6.64. The van der Waals surface area contributed by atoms with E-state index in [-0.39, 0.29) is 0 Å². The van der Waals surface area contributed by atoms with Gasteiger partial charge in [0, 0.05) is 25.4 Å². The highest BCUT2D eigenvalue weighted by atomic mass is 79.9. The smallest absolute Gasteiger partial charge is 0.228 e. The molecule has 0 atom stereocenters. The summed E-state index contributed by atoms with van der Waals surface area (Å²) in [6, 6.07) is 15.8. The molecule has 0 radical (unpaired) electrons. The summed E-state index contributed by atoms with van der Waals surface area (Å²) in [4.78, 5) is 11.6. The molecule has 0 bridgehead atoms. The normalized spacial score (nSPS) is 10.7. The predicted molar refractivity (Wildman–Crippen MR) is 103 cm³/mol. The number of carbonyl (C=O) groups excluding carboxylic acids is 1. The molecule has 0 spiro atoms. The lowest BCUT2D eigenvalue weighted by Crippen LogP contribution is -2.36. The number of nitrogens with one attached hydrogen (secondary N) is 1. The maximum Gasteiger partial charge on any atom is 0.228 e. The summed E-state index contributed by atoms with van der Waals surface area (Å²) in [6.07, 6.45) is 2.68. The van der Waals surface area contributed by atoms with Crippen LogP contribution in [0.5, 0.6) is 0 Å². The number of aryl methyl sites for hydroxylation is 2. The van der Waals surface area contributed by atoms with Crippen LogP contribution >= 0.6 is 15.9 Å². The number of hydrogen-bond donors (Lipinski definition) is 1. The first kappa shape index (κ1) is 17.4. The molecule has 1 aromatic heterocycles. The molecule has 1 heterocycles. The summed E-state index contributed by atoms with van der Waals surface area (Å²) >= 11 is 3.52. The predicted octanol–water partition coefficient (Wildman–Crippen LogP) is 3.83. The van der Waals surface area contributed by atoms with Crippen LogP contribution in [0.1, 0.15) is 11.1 Å². The van der Waals surface area contributed by atoms with E-state index in [0.29, 0.717) is 6.54 Å². The van der Waals surface area contributed by atoms with Gasteiger partial charge < -0.3 is 0 Å². The maximum absolute atomic E-state index is 11.6. The number of nitrogens with zero attached hydrogens (tertiary/aromatic N) is 3. The van der Waals surface area contributed by atoms with Crippen LogP contribution in [0.4, 0.5) is 5.69 Å². The minimum absolute atomic E-state index is 0.572. The summed E-state index contributed by atoms with van der Waals surface area (Å²) in [5.74, 6) is 0. The molecule has 0 fully saturated rings. The summed E-state index contributed by atoms with van der Waals surface area (Å²) < 4.78 is 2.66. The Morgan fingerprint density at radius 3 is 2.72 bits per heavy atom. The molecule has 0 aliphatic rings. The van der Waals surface area contributed by atoms with Crippen LogP contribution in [0.25, 0.3) is 11.3 Å². The van der Waals surface area contributed by atoms with E-state index in [1.165, 1.54) is 10.6 Å². The Morgan fingerprint density at radius 2 is 2.04 bits per heavy atom. The number of carbonyl (C=O) groups is 1. The third-order valence-electron chi connectivity index (χ3n) is 3.99. The van der Waals surface area contributed by atoms with Crippen LogP contribution in [0, 0.1) is 6.92 Å². The minimum atomic E-state index is 0.572. The summed E-state index contributed by atoms with van der Waals surface area (Å²) in [6.45, 7) is 2.63. The first-order chi connectivity index (χ1) is 12.1. The average Bonchev–Trinajstić information content (AvgIpc) is 2.95. The Kier molecular flexibility index (Phi) is 5.31. The maximum atomic E-state index is 11.6. The second kappa shape index (κ2) is 7.63. The Labute approximate surface area is 155 Å². The van der Waals surface area contributed by atoms with E-state index in [1.54, 1.807) is 4.68 Å². The first-order valence-corrected chi connectivity index (χ1v) is 8.70. The van der Waals surface area contributed by atoms with Gasteiger partial charge in [-0.15, -0.1) is 0 Å². The summed E-state index contributed by atoms with van der Waals surface area (Å²) in [7, 11) is 1.87. The van der Waals surface area contributed by atoms with Crippen molar-refractivity contribution in [1.82, 2.24) is 15.2 Å². The molecule has 0 unspecified atom stereocenters.